The number of nitrogens with one attached hydrogen (secondary N) is 3. The fourth-order valence-corrected chi connectivity index (χ4v) is 2.37. The Kier molecular flexibility index (Phi) is 3.94. The number of carbonyl (C=O) groups is 1. The van der Waals surface area contributed by atoms with Crippen LogP contribution in [0.5, 0.6) is 0 Å². The molecule has 2 heterocycles. The lowest BCUT2D eigenvalue weighted by atomic mass is 10.1. The van der Waals surface area contributed by atoms with Gasteiger partial charge in [-0.25, -0.2) is 10.9 Å². The first-order chi connectivity index (χ1) is 10.2. The lowest BCUT2D eigenvalue weighted by Gasteiger charge is -2.10. The second-order valence-electron chi connectivity index (χ2n) is 5.24. The highest BCUT2D eigenvalue weighted by molar-refractivity contribution is 5.95. The van der Waals surface area contributed by atoms with Crippen LogP contribution >= 0.6 is 0 Å². The molecule has 1 aliphatic heterocycles. The first kappa shape index (κ1) is 13.7. The van der Waals surface area contributed by atoms with Crippen LogP contribution < -0.4 is 16.2 Å². The van der Waals surface area contributed by atoms with E-state index >= 15 is 0 Å². The van der Waals surface area contributed by atoms with Gasteiger partial charge < -0.3 is 5.32 Å². The van der Waals surface area contributed by atoms with Crippen molar-refractivity contribution >= 4 is 11.6 Å². The minimum Gasteiger partial charge on any atom is -0.325 e. The van der Waals surface area contributed by atoms with Crippen LogP contribution in [0.25, 0.3) is 0 Å². The molecule has 3 N–H and O–H groups in total. The molecule has 0 aliphatic carbocycles. The number of aromatic nitrogens is 1. The normalized spacial score (nSPS) is 21.2. The molecule has 5 heteroatoms. The summed E-state index contributed by atoms with van der Waals surface area (Å²) < 4.78 is 0. The van der Waals surface area contributed by atoms with E-state index in [1.807, 2.05) is 49.4 Å². The average molecular weight is 282 g/mol. The van der Waals surface area contributed by atoms with Crippen LogP contribution in [0.15, 0.2) is 48.7 Å². The average Bonchev–Trinajstić information content (AvgIpc) is 3.00. The lowest BCUT2D eigenvalue weighted by molar-refractivity contribution is -0.117. The number of carbonyl (C=O) groups excluding carboxylic acids is 1. The van der Waals surface area contributed by atoms with E-state index in [-0.39, 0.29) is 18.0 Å². The summed E-state index contributed by atoms with van der Waals surface area (Å²) >= 11 is 0. The molecule has 21 heavy (non-hydrogen) atoms. The molecule has 108 valence electrons. The standard InChI is InChI=1S/C16H18N4O/c1-11-5-7-12(8-6-11)18-16(21)15-10-14(19-20-15)13-4-2-3-9-17-13/h2-9,14-15,19-20H,10H2,1H3,(H,18,21). The van der Waals surface area contributed by atoms with Gasteiger partial charge in [-0.05, 0) is 37.6 Å². The van der Waals surface area contributed by atoms with Gasteiger partial charge in [0.05, 0.1) is 11.7 Å². The molecule has 1 saturated heterocycles. The number of amides is 1. The molecular weight excluding hydrogens is 264 g/mol. The number of hydrogen-bond donors (Lipinski definition) is 3. The van der Waals surface area contributed by atoms with E-state index in [1.54, 1.807) is 6.20 Å². The van der Waals surface area contributed by atoms with Crippen molar-refractivity contribution in [1.29, 1.82) is 0 Å². The first-order valence-electron chi connectivity index (χ1n) is 7.02. The van der Waals surface area contributed by atoms with Gasteiger partial charge in [0, 0.05) is 11.9 Å². The van der Waals surface area contributed by atoms with Crippen LogP contribution in [0.1, 0.15) is 23.7 Å². The highest BCUT2D eigenvalue weighted by atomic mass is 16.2. The Morgan fingerprint density at radius 2 is 2.00 bits per heavy atom. The van der Waals surface area contributed by atoms with E-state index in [1.165, 1.54) is 5.56 Å². The Hall–Kier alpha value is -2.24. The van der Waals surface area contributed by atoms with Crippen LogP contribution in [0.3, 0.4) is 0 Å². The highest BCUT2D eigenvalue weighted by Gasteiger charge is 2.30. The van der Waals surface area contributed by atoms with Crippen LogP contribution in [0.2, 0.25) is 0 Å². The number of hydrazine groups is 1. The van der Waals surface area contributed by atoms with E-state index in [9.17, 15) is 4.79 Å². The van der Waals surface area contributed by atoms with Gasteiger partial charge in [0.25, 0.3) is 0 Å². The maximum atomic E-state index is 12.2. The molecule has 3 rings (SSSR count). The Labute approximate surface area is 123 Å². The van der Waals surface area contributed by atoms with E-state index < -0.39 is 0 Å². The predicted molar refractivity (Wildman–Crippen MR) is 81.5 cm³/mol. The van der Waals surface area contributed by atoms with Crippen molar-refractivity contribution in [2.24, 2.45) is 0 Å². The zero-order chi connectivity index (χ0) is 14.7. The van der Waals surface area contributed by atoms with E-state index in [2.05, 4.69) is 21.2 Å². The summed E-state index contributed by atoms with van der Waals surface area (Å²) in [4.78, 5) is 16.6. The van der Waals surface area contributed by atoms with Gasteiger partial charge >= 0.3 is 0 Å². The molecule has 2 aromatic rings. The molecule has 1 amide bonds. The van der Waals surface area contributed by atoms with E-state index in [0.717, 1.165) is 11.4 Å². The van der Waals surface area contributed by atoms with Crippen LogP contribution in [0, 0.1) is 6.92 Å². The van der Waals surface area contributed by atoms with Crippen molar-refractivity contribution in [2.75, 3.05) is 5.32 Å². The van der Waals surface area contributed by atoms with Crippen molar-refractivity contribution in [1.82, 2.24) is 15.8 Å². The van der Waals surface area contributed by atoms with Gasteiger partial charge in [0.15, 0.2) is 0 Å². The largest absolute Gasteiger partial charge is 0.325 e. The third-order valence-corrected chi connectivity index (χ3v) is 3.58. The third-order valence-electron chi connectivity index (χ3n) is 3.58. The van der Waals surface area contributed by atoms with Gasteiger partial charge in [-0.1, -0.05) is 23.8 Å². The van der Waals surface area contributed by atoms with E-state index in [4.69, 9.17) is 0 Å². The molecule has 2 unspecified atom stereocenters. The number of nitrogens with zero attached hydrogens (tertiary/aromatic N) is 1. The number of benzene rings is 1. The predicted octanol–water partition coefficient (Wildman–Crippen LogP) is 1.94. The molecular formula is C16H18N4O. The quantitative estimate of drug-likeness (QED) is 0.805. The van der Waals surface area contributed by atoms with Crippen molar-refractivity contribution in [3.05, 3.63) is 59.9 Å². The maximum Gasteiger partial charge on any atom is 0.242 e. The number of rotatable bonds is 3. The van der Waals surface area contributed by atoms with Gasteiger partial charge in [-0.2, -0.15) is 0 Å². The summed E-state index contributed by atoms with van der Waals surface area (Å²) in [5.74, 6) is -0.0372. The lowest BCUT2D eigenvalue weighted by Crippen LogP contribution is -2.39. The van der Waals surface area contributed by atoms with Gasteiger partial charge in [0.2, 0.25) is 5.91 Å². The molecule has 1 aromatic carbocycles. The van der Waals surface area contributed by atoms with Crippen LogP contribution in [-0.2, 0) is 4.79 Å². The smallest absolute Gasteiger partial charge is 0.242 e. The van der Waals surface area contributed by atoms with Gasteiger partial charge in [-0.3, -0.25) is 9.78 Å². The monoisotopic (exact) mass is 282 g/mol. The van der Waals surface area contributed by atoms with Crippen molar-refractivity contribution in [2.45, 2.75) is 25.4 Å². The zero-order valence-electron chi connectivity index (χ0n) is 11.8. The van der Waals surface area contributed by atoms with Crippen molar-refractivity contribution in [3.63, 3.8) is 0 Å². The Morgan fingerprint density at radius 3 is 2.71 bits per heavy atom. The van der Waals surface area contributed by atoms with Gasteiger partial charge in [0.1, 0.15) is 6.04 Å². The SMILES string of the molecule is Cc1ccc(NC(=O)C2CC(c3ccccn3)NN2)cc1. The summed E-state index contributed by atoms with van der Waals surface area (Å²) in [7, 11) is 0. The number of hydrogen-bond acceptors (Lipinski definition) is 4. The molecule has 1 aromatic heterocycles. The third kappa shape index (κ3) is 3.26. The van der Waals surface area contributed by atoms with Crippen molar-refractivity contribution in [3.8, 4) is 0 Å². The molecule has 1 aliphatic rings. The summed E-state index contributed by atoms with van der Waals surface area (Å²) in [6, 6.07) is 13.4. The molecule has 0 spiro atoms. The molecule has 0 saturated carbocycles. The topological polar surface area (TPSA) is 66.0 Å². The van der Waals surface area contributed by atoms with Crippen molar-refractivity contribution < 1.29 is 4.79 Å². The Morgan fingerprint density at radius 1 is 1.19 bits per heavy atom. The number of aryl methyl sites for hydroxylation is 1. The summed E-state index contributed by atoms with van der Waals surface area (Å²) in [5.41, 5.74) is 9.08. The summed E-state index contributed by atoms with van der Waals surface area (Å²) in [6.07, 6.45) is 2.44. The molecule has 2 atom stereocenters. The summed E-state index contributed by atoms with van der Waals surface area (Å²) in [6.45, 7) is 2.02. The van der Waals surface area contributed by atoms with Gasteiger partial charge in [-0.15, -0.1) is 0 Å². The Balaban J connectivity index is 1.61. The number of anilines is 1. The van der Waals surface area contributed by atoms with E-state index in [0.29, 0.717) is 6.42 Å². The molecule has 0 radical (unpaired) electrons. The maximum absolute atomic E-state index is 12.2. The summed E-state index contributed by atoms with van der Waals surface area (Å²) in [5, 5.41) is 2.92. The first-order valence-corrected chi connectivity index (χ1v) is 7.02. The second-order valence-corrected chi connectivity index (χ2v) is 5.24. The number of pyridine rings is 1. The molecule has 0 bridgehead atoms. The fraction of sp³-hybridized carbons (Fsp3) is 0.250. The molecule has 1 fully saturated rings. The second kappa shape index (κ2) is 6.03. The fourth-order valence-electron chi connectivity index (χ4n) is 2.37. The highest BCUT2D eigenvalue weighted by Crippen LogP contribution is 2.21. The minimum absolute atomic E-state index is 0.0372. The van der Waals surface area contributed by atoms with Crippen LogP contribution in [0.4, 0.5) is 5.69 Å². The minimum atomic E-state index is -0.265. The zero-order valence-corrected chi connectivity index (χ0v) is 11.8. The Bertz CT molecular complexity index is 612. The molecule has 5 nitrogen and oxygen atoms in total. The van der Waals surface area contributed by atoms with Crippen LogP contribution in [-0.4, -0.2) is 16.9 Å².